The van der Waals surface area contributed by atoms with Gasteiger partial charge in [0.25, 0.3) is 0 Å². The third-order valence-electron chi connectivity index (χ3n) is 0. The molecule has 0 unspecified atom stereocenters. The molecule has 0 bridgehead atoms. The fourth-order valence-corrected chi connectivity index (χ4v) is 0. The Balaban J connectivity index is 0. The van der Waals surface area contributed by atoms with Crippen molar-refractivity contribution in [2.24, 2.45) is 0 Å². The van der Waals surface area contributed by atoms with Gasteiger partial charge >= 0.3 is 19.5 Å². The summed E-state index contributed by atoms with van der Waals surface area (Å²) in [5.41, 5.74) is 0. The summed E-state index contributed by atoms with van der Waals surface area (Å²) in [5, 5.41) is 0. The van der Waals surface area contributed by atoms with Crippen LogP contribution in [0, 0.1) is 0 Å². The molecule has 0 aliphatic rings. The zero-order valence-corrected chi connectivity index (χ0v) is 9.78. The van der Waals surface area contributed by atoms with Crippen LogP contribution in [0.4, 0.5) is 0 Å². The maximum Gasteiger partial charge on any atom is 2.00 e. The molecule has 0 rings (SSSR count). The first-order valence-corrected chi connectivity index (χ1v) is 0. The number of hydrogen-bond donors (Lipinski definition) is 1. The van der Waals surface area contributed by atoms with Crippen molar-refractivity contribution in [3.63, 3.8) is 0 Å². The van der Waals surface area contributed by atoms with E-state index in [1.54, 1.807) is 0 Å². The summed E-state index contributed by atoms with van der Waals surface area (Å²) in [4.78, 5) is 0. The summed E-state index contributed by atoms with van der Waals surface area (Å²) in [6, 6.07) is 0. The largest absolute Gasteiger partial charge is 2.00 e. The maximum atomic E-state index is 0. The van der Waals surface area contributed by atoms with Gasteiger partial charge in [0.2, 0.25) is 0 Å². The van der Waals surface area contributed by atoms with Gasteiger partial charge in [-0.25, -0.2) is 0 Å². The molecule has 1 nitrogen and oxygen atoms in total. The van der Waals surface area contributed by atoms with Crippen LogP contribution in [0.25, 0.3) is 0 Å². The van der Waals surface area contributed by atoms with Crippen LogP contribution >= 0.6 is 0 Å². The van der Waals surface area contributed by atoms with Gasteiger partial charge < -0.3 is 80.6 Å². The van der Waals surface area contributed by atoms with Crippen molar-refractivity contribution >= 4 is 0 Å². The zero-order valence-electron chi connectivity index (χ0n) is 3.60. The molecule has 0 aromatic carbocycles. The normalized spacial score (nSPS) is 0. The third-order valence-corrected chi connectivity index (χ3v) is 0. The van der Waals surface area contributed by atoms with Gasteiger partial charge in [-0.2, -0.15) is 0 Å². The summed E-state index contributed by atoms with van der Waals surface area (Å²) in [7, 11) is 0. The number of halogens is 6. The topological polar surface area (TPSA) is 36.5 Å². The Labute approximate surface area is 99.3 Å². The second-order valence-electron chi connectivity index (χ2n) is 0. The van der Waals surface area contributed by atoms with Crippen molar-refractivity contribution in [1.82, 2.24) is 6.15 Å². The van der Waals surface area contributed by atoms with E-state index in [0.717, 1.165) is 0 Å². The monoisotopic (exact) mass is 331 g/mol. The second-order valence-corrected chi connectivity index (χ2v) is 0. The molecule has 1 radical (unpaired) electrons. The molecule has 4 N–H and O–H groups in total. The van der Waals surface area contributed by atoms with E-state index in [9.17, 15) is 0 Å². The van der Waals surface area contributed by atoms with Crippen molar-refractivity contribution in [2.75, 3.05) is 0 Å². The molecule has 0 saturated carbocycles. The molecule has 0 aliphatic carbocycles. The van der Waals surface area contributed by atoms with Gasteiger partial charge in [0.15, 0.2) is 0 Å². The summed E-state index contributed by atoms with van der Waals surface area (Å²) < 4.78 is 0. The molecule has 0 aliphatic heterocycles. The average molecular weight is 334 g/mol. The van der Waals surface area contributed by atoms with Crippen LogP contribution in [0.2, 0.25) is 0 Å². The standard InChI is InChI=1S/6ClH.H3N.Rh/h6*1H;1H3;/q;;;;;;;+2/p-5. The maximum absolute atomic E-state index is 0. The molecule has 63 valence electrons. The molecule has 8 heavy (non-hydrogen) atoms. The Bertz CT molecular complexity index is 8.49. The van der Waals surface area contributed by atoms with Crippen LogP contribution in [0.5, 0.6) is 0 Å². The Morgan fingerprint density at radius 3 is 0.375 bits per heavy atom. The molecule has 0 heterocycles. The van der Waals surface area contributed by atoms with Gasteiger partial charge in [0.1, 0.15) is 0 Å². The summed E-state index contributed by atoms with van der Waals surface area (Å²) >= 11 is 0. The van der Waals surface area contributed by atoms with Crippen LogP contribution in [0.3, 0.4) is 0 Å². The van der Waals surface area contributed by atoms with Crippen LogP contribution in [-0.2, 0) is 19.5 Å². The molecule has 0 amide bonds. The molecule has 0 saturated heterocycles. The van der Waals surface area contributed by atoms with E-state index in [1.807, 2.05) is 0 Å². The van der Waals surface area contributed by atoms with Gasteiger partial charge in [-0.05, 0) is 0 Å². The predicted octanol–water partition coefficient (Wildman–Crippen LogP) is -17.6. The Morgan fingerprint density at radius 1 is 0.375 bits per heavy atom. The van der Waals surface area contributed by atoms with Crippen LogP contribution < -0.4 is 80.6 Å². The first-order valence-electron chi connectivity index (χ1n) is 0. The Hall–Kier alpha value is 2.32. The molecule has 0 aromatic heterocycles. The van der Waals surface area contributed by atoms with E-state index in [-0.39, 0.29) is 100 Å². The average Bonchev–Trinajstić information content (AvgIpc) is 0. The van der Waals surface area contributed by atoms with Crippen molar-refractivity contribution in [1.29, 1.82) is 0 Å². The summed E-state index contributed by atoms with van der Waals surface area (Å²) in [6.45, 7) is 0. The molecule has 8 heteroatoms. The van der Waals surface area contributed by atoms with Crippen LogP contribution in [0.15, 0.2) is 0 Å². The SMILES string of the molecule is [Cl-].[Cl-].[Cl-].[Cl-].[Cl-].[Cl-].[NH4+].[Rh+2]. The van der Waals surface area contributed by atoms with E-state index in [2.05, 4.69) is 0 Å². The fourth-order valence-electron chi connectivity index (χ4n) is 0. The quantitative estimate of drug-likeness (QED) is 0.428. The van der Waals surface area contributed by atoms with Crippen LogP contribution in [-0.4, -0.2) is 0 Å². The van der Waals surface area contributed by atoms with Gasteiger partial charge in [-0.1, -0.05) is 0 Å². The number of rotatable bonds is 0. The predicted molar refractivity (Wildman–Crippen MR) is 5.98 cm³/mol. The van der Waals surface area contributed by atoms with E-state index >= 15 is 0 Å². The fraction of sp³-hybridized carbons (Fsp3) is 0. The van der Waals surface area contributed by atoms with Gasteiger partial charge in [0.05, 0.1) is 0 Å². The third kappa shape index (κ3) is 82.7. The Morgan fingerprint density at radius 2 is 0.375 bits per heavy atom. The van der Waals surface area contributed by atoms with E-state index < -0.39 is 0 Å². The summed E-state index contributed by atoms with van der Waals surface area (Å²) in [6.07, 6.45) is 0. The first-order chi connectivity index (χ1) is 0. The molecule has 0 spiro atoms. The summed E-state index contributed by atoms with van der Waals surface area (Å²) in [5.74, 6) is 0. The van der Waals surface area contributed by atoms with Gasteiger partial charge in [-0.3, -0.25) is 0 Å². The van der Waals surface area contributed by atoms with E-state index in [0.29, 0.717) is 0 Å². The first kappa shape index (κ1) is 166. The molecular weight excluding hydrogens is 330 g/mol. The zero-order chi connectivity index (χ0) is 0. The van der Waals surface area contributed by atoms with E-state index in [1.165, 1.54) is 0 Å². The van der Waals surface area contributed by atoms with Crippen LogP contribution in [0.1, 0.15) is 0 Å². The van der Waals surface area contributed by atoms with Crippen molar-refractivity contribution in [3.05, 3.63) is 0 Å². The second kappa shape index (κ2) is 120. The van der Waals surface area contributed by atoms with Gasteiger partial charge in [-0.15, -0.1) is 0 Å². The minimum Gasteiger partial charge on any atom is -1.00 e. The number of hydrogen-bond acceptors (Lipinski definition) is 0. The van der Waals surface area contributed by atoms with Crippen molar-refractivity contribution < 1.29 is 93.9 Å². The minimum atomic E-state index is 0. The molecule has 0 atom stereocenters. The van der Waals surface area contributed by atoms with Gasteiger partial charge in [0, 0.05) is 0 Å². The van der Waals surface area contributed by atoms with E-state index in [4.69, 9.17) is 0 Å². The Kier molecular flexibility index (Phi) is 2490. The molecule has 0 fully saturated rings. The molecular formula is H4Cl6NRh-3. The van der Waals surface area contributed by atoms with Crippen molar-refractivity contribution in [2.45, 2.75) is 0 Å². The smallest absolute Gasteiger partial charge is 1.00 e. The minimum absolute atomic E-state index is 0. The molecule has 0 aromatic rings. The van der Waals surface area contributed by atoms with Crippen molar-refractivity contribution in [3.8, 4) is 0 Å². The number of quaternary nitrogens is 1.